The fraction of sp³-hybridized carbons (Fsp3) is 0.583. The zero-order chi connectivity index (χ0) is 24.3. The van der Waals surface area contributed by atoms with Crippen molar-refractivity contribution in [2.45, 2.75) is 51.2 Å². The molecule has 2 aliphatic rings. The Morgan fingerprint density at radius 1 is 1.15 bits per heavy atom. The number of hydrogen-bond donors (Lipinski definition) is 2. The van der Waals surface area contributed by atoms with Crippen molar-refractivity contribution in [3.63, 3.8) is 0 Å². The molecule has 2 saturated heterocycles. The highest BCUT2D eigenvalue weighted by Crippen LogP contribution is 2.31. The van der Waals surface area contributed by atoms with Gasteiger partial charge in [-0.3, -0.25) is 19.2 Å². The number of rotatable bonds is 8. The molecule has 9 nitrogen and oxygen atoms in total. The van der Waals surface area contributed by atoms with Crippen molar-refractivity contribution in [3.05, 3.63) is 29.8 Å². The van der Waals surface area contributed by atoms with Crippen LogP contribution in [0.15, 0.2) is 24.3 Å². The minimum atomic E-state index is -0.744. The highest BCUT2D eigenvalue weighted by Gasteiger charge is 2.51. The van der Waals surface area contributed by atoms with Crippen LogP contribution in [0.5, 0.6) is 0 Å². The average Bonchev–Trinajstić information content (AvgIpc) is 3.34. The first-order valence-corrected chi connectivity index (χ1v) is 11.5. The van der Waals surface area contributed by atoms with Gasteiger partial charge in [-0.25, -0.2) is 0 Å². The first kappa shape index (κ1) is 24.7. The lowest BCUT2D eigenvalue weighted by Gasteiger charge is -2.29. The maximum atomic E-state index is 13.5. The monoisotopic (exact) mass is 457 g/mol. The van der Waals surface area contributed by atoms with Crippen LogP contribution in [-0.2, 0) is 14.4 Å². The van der Waals surface area contributed by atoms with Crippen LogP contribution >= 0.6 is 0 Å². The highest BCUT2D eigenvalue weighted by atomic mass is 16.2. The molecule has 3 atom stereocenters. The van der Waals surface area contributed by atoms with E-state index in [0.717, 1.165) is 5.69 Å². The van der Waals surface area contributed by atoms with E-state index < -0.39 is 12.1 Å². The Bertz CT molecular complexity index is 899. The Morgan fingerprint density at radius 3 is 2.39 bits per heavy atom. The number of carbonyl (C=O) groups is 4. The van der Waals surface area contributed by atoms with E-state index in [-0.39, 0.29) is 55.0 Å². The molecule has 3 amide bonds. The molecule has 0 spiro atoms. The van der Waals surface area contributed by atoms with Gasteiger partial charge >= 0.3 is 0 Å². The van der Waals surface area contributed by atoms with Gasteiger partial charge in [-0.15, -0.1) is 0 Å². The van der Waals surface area contributed by atoms with Crippen LogP contribution in [0.4, 0.5) is 5.69 Å². The van der Waals surface area contributed by atoms with E-state index in [2.05, 4.69) is 5.32 Å². The normalized spacial score (nSPS) is 20.7. The quantitative estimate of drug-likeness (QED) is 0.591. The van der Waals surface area contributed by atoms with Crippen LogP contribution < -0.4 is 16.0 Å². The predicted octanol–water partition coefficient (Wildman–Crippen LogP) is 0.627. The molecular weight excluding hydrogens is 422 g/mol. The number of carbonyl (C=O) groups excluding carboxylic acids is 4. The Balaban J connectivity index is 1.75. The van der Waals surface area contributed by atoms with Gasteiger partial charge in [-0.1, -0.05) is 13.8 Å². The minimum absolute atomic E-state index is 0.0113. The lowest BCUT2D eigenvalue weighted by Crippen LogP contribution is -2.53. The van der Waals surface area contributed by atoms with Gasteiger partial charge in [0.1, 0.15) is 12.1 Å². The van der Waals surface area contributed by atoms with Gasteiger partial charge in [0.05, 0.1) is 12.6 Å². The molecule has 2 fully saturated rings. The number of ketones is 1. The van der Waals surface area contributed by atoms with Crippen molar-refractivity contribution in [1.29, 1.82) is 0 Å². The SMILES string of the molecule is CC(C)CC(NC(=O)c1ccc(N(C)C)cc1)C(=O)N1CCC2C1C(=O)CN2C(=O)CCN. The standard InChI is InChI=1S/C24H35N5O4/c1-15(2)13-18(26-23(32)16-5-7-17(8-6-16)27(3)4)24(33)28-12-10-19-22(28)20(30)14-29(19)21(31)9-11-25/h5-8,15,18-19,22H,9-14,25H2,1-4H3,(H,26,32). The molecule has 0 aromatic heterocycles. The third-order valence-corrected chi connectivity index (χ3v) is 6.34. The molecule has 3 N–H and O–H groups in total. The number of nitrogens with one attached hydrogen (secondary N) is 1. The van der Waals surface area contributed by atoms with Crippen LogP contribution in [0.25, 0.3) is 0 Å². The Kier molecular flexibility index (Phi) is 7.73. The third kappa shape index (κ3) is 5.35. The number of likely N-dealkylation sites (tertiary alicyclic amines) is 2. The van der Waals surface area contributed by atoms with Crippen molar-refractivity contribution in [2.24, 2.45) is 11.7 Å². The van der Waals surface area contributed by atoms with Gasteiger partial charge in [-0.2, -0.15) is 0 Å². The summed E-state index contributed by atoms with van der Waals surface area (Å²) >= 11 is 0. The summed E-state index contributed by atoms with van der Waals surface area (Å²) in [5.41, 5.74) is 6.95. The van der Waals surface area contributed by atoms with Crippen molar-refractivity contribution in [1.82, 2.24) is 15.1 Å². The molecule has 0 bridgehead atoms. The van der Waals surface area contributed by atoms with E-state index in [1.165, 1.54) is 0 Å². The predicted molar refractivity (Wildman–Crippen MR) is 126 cm³/mol. The fourth-order valence-corrected chi connectivity index (χ4v) is 4.70. The van der Waals surface area contributed by atoms with E-state index >= 15 is 0 Å². The number of benzene rings is 1. The van der Waals surface area contributed by atoms with Gasteiger partial charge in [0.2, 0.25) is 11.8 Å². The van der Waals surface area contributed by atoms with E-state index in [0.29, 0.717) is 24.9 Å². The summed E-state index contributed by atoms with van der Waals surface area (Å²) in [6.07, 6.45) is 1.19. The number of amides is 3. The van der Waals surface area contributed by atoms with Crippen molar-refractivity contribution >= 4 is 29.2 Å². The molecule has 1 aromatic carbocycles. The second-order valence-corrected chi connectivity index (χ2v) is 9.46. The molecule has 2 heterocycles. The van der Waals surface area contributed by atoms with E-state index in [4.69, 9.17) is 5.73 Å². The molecule has 9 heteroatoms. The maximum absolute atomic E-state index is 13.5. The van der Waals surface area contributed by atoms with Gasteiger partial charge in [-0.05, 0) is 43.0 Å². The van der Waals surface area contributed by atoms with Crippen LogP contribution in [0.3, 0.4) is 0 Å². The summed E-state index contributed by atoms with van der Waals surface area (Å²) in [7, 11) is 3.84. The first-order valence-electron chi connectivity index (χ1n) is 11.5. The van der Waals surface area contributed by atoms with Gasteiger partial charge < -0.3 is 25.8 Å². The summed E-state index contributed by atoms with van der Waals surface area (Å²) in [5, 5.41) is 2.89. The molecule has 0 saturated carbocycles. The van der Waals surface area contributed by atoms with Crippen LogP contribution in [-0.4, -0.2) is 85.2 Å². The summed E-state index contributed by atoms with van der Waals surface area (Å²) in [5.74, 6) is -0.717. The van der Waals surface area contributed by atoms with Gasteiger partial charge in [0.15, 0.2) is 5.78 Å². The number of anilines is 1. The van der Waals surface area contributed by atoms with Gasteiger partial charge in [0, 0.05) is 44.9 Å². The number of nitrogens with zero attached hydrogens (tertiary/aromatic N) is 3. The second-order valence-electron chi connectivity index (χ2n) is 9.46. The summed E-state index contributed by atoms with van der Waals surface area (Å²) in [6.45, 7) is 4.59. The second kappa shape index (κ2) is 10.3. The van der Waals surface area contributed by atoms with Crippen LogP contribution in [0.1, 0.15) is 43.5 Å². The van der Waals surface area contributed by atoms with Crippen LogP contribution in [0.2, 0.25) is 0 Å². The van der Waals surface area contributed by atoms with Crippen molar-refractivity contribution < 1.29 is 19.2 Å². The van der Waals surface area contributed by atoms with Gasteiger partial charge in [0.25, 0.3) is 5.91 Å². The molecule has 180 valence electrons. The minimum Gasteiger partial charge on any atom is -0.378 e. The first-order chi connectivity index (χ1) is 15.6. The smallest absolute Gasteiger partial charge is 0.251 e. The van der Waals surface area contributed by atoms with E-state index in [1.807, 2.05) is 45.0 Å². The van der Waals surface area contributed by atoms with Crippen LogP contribution in [0, 0.1) is 5.92 Å². The number of hydrogen-bond acceptors (Lipinski definition) is 6. The lowest BCUT2D eigenvalue weighted by molar-refractivity contribution is -0.138. The molecular formula is C24H35N5O4. The fourth-order valence-electron chi connectivity index (χ4n) is 4.70. The third-order valence-electron chi connectivity index (χ3n) is 6.34. The molecule has 3 rings (SSSR count). The number of nitrogens with two attached hydrogens (primary N) is 1. The van der Waals surface area contributed by atoms with E-state index in [1.54, 1.807) is 21.9 Å². The Labute approximate surface area is 195 Å². The molecule has 33 heavy (non-hydrogen) atoms. The van der Waals surface area contributed by atoms with Crippen molar-refractivity contribution in [2.75, 3.05) is 38.6 Å². The topological polar surface area (TPSA) is 116 Å². The maximum Gasteiger partial charge on any atom is 0.251 e. The molecule has 0 aliphatic carbocycles. The average molecular weight is 458 g/mol. The summed E-state index contributed by atoms with van der Waals surface area (Å²) < 4.78 is 0. The van der Waals surface area contributed by atoms with Crippen molar-refractivity contribution in [3.8, 4) is 0 Å². The number of Topliss-reactive ketones (excluding diaryl/α,β-unsaturated/α-hetero) is 1. The Hall–Kier alpha value is -2.94. The molecule has 2 aliphatic heterocycles. The lowest BCUT2D eigenvalue weighted by atomic mass is 10.0. The molecule has 3 unspecified atom stereocenters. The van der Waals surface area contributed by atoms with E-state index in [9.17, 15) is 19.2 Å². The summed E-state index contributed by atoms with van der Waals surface area (Å²) in [6, 6.07) is 5.46. The highest BCUT2D eigenvalue weighted by molar-refractivity contribution is 6.01. The zero-order valence-corrected chi connectivity index (χ0v) is 19.9. The molecule has 0 radical (unpaired) electrons. The number of fused-ring (bicyclic) bond motifs is 1. The Morgan fingerprint density at radius 2 is 1.82 bits per heavy atom. The zero-order valence-electron chi connectivity index (χ0n) is 19.9. The largest absolute Gasteiger partial charge is 0.378 e. The summed E-state index contributed by atoms with van der Waals surface area (Å²) in [4.78, 5) is 56.6. The molecule has 1 aromatic rings.